The van der Waals surface area contributed by atoms with E-state index in [0.29, 0.717) is 12.1 Å². The van der Waals surface area contributed by atoms with Gasteiger partial charge in [0.15, 0.2) is 0 Å². The molecule has 1 aromatic rings. The van der Waals surface area contributed by atoms with Crippen molar-refractivity contribution in [3.8, 4) is 0 Å². The number of hydrogen-bond acceptors (Lipinski definition) is 3. The highest BCUT2D eigenvalue weighted by Crippen LogP contribution is 2.09. The van der Waals surface area contributed by atoms with Gasteiger partial charge in [-0.2, -0.15) is 0 Å². The second kappa shape index (κ2) is 10.6. The predicted octanol–water partition coefficient (Wildman–Crippen LogP) is 2.42. The van der Waals surface area contributed by atoms with E-state index in [2.05, 4.69) is 31.5 Å². The van der Waals surface area contributed by atoms with Crippen molar-refractivity contribution in [1.29, 1.82) is 0 Å². The Morgan fingerprint density at radius 3 is 2.67 bits per heavy atom. The summed E-state index contributed by atoms with van der Waals surface area (Å²) in [6.07, 6.45) is 3.20. The van der Waals surface area contributed by atoms with Crippen molar-refractivity contribution in [3.63, 3.8) is 0 Å². The van der Waals surface area contributed by atoms with Crippen molar-refractivity contribution in [3.05, 3.63) is 28.5 Å². The topological polar surface area (TPSA) is 54.0 Å². The zero-order chi connectivity index (χ0) is 12.0. The number of amides is 1. The fourth-order valence-corrected chi connectivity index (χ4v) is 1.67. The molecule has 0 aliphatic heterocycles. The minimum Gasteiger partial charge on any atom is -0.350 e. The first-order valence-electron chi connectivity index (χ1n) is 5.25. The van der Waals surface area contributed by atoms with E-state index in [0.717, 1.165) is 11.0 Å². The highest BCUT2D eigenvalue weighted by atomic mass is 79.9. The highest BCUT2D eigenvalue weighted by molar-refractivity contribution is 9.10. The highest BCUT2D eigenvalue weighted by Gasteiger charge is 2.07. The first-order valence-corrected chi connectivity index (χ1v) is 6.05. The molecule has 18 heavy (non-hydrogen) atoms. The van der Waals surface area contributed by atoms with Crippen LogP contribution in [-0.2, 0) is 0 Å². The van der Waals surface area contributed by atoms with E-state index in [4.69, 9.17) is 0 Å². The summed E-state index contributed by atoms with van der Waals surface area (Å²) in [6.45, 7) is 5.58. The smallest absolute Gasteiger partial charge is 0.252 e. The van der Waals surface area contributed by atoms with Gasteiger partial charge in [-0.15, -0.1) is 24.8 Å². The van der Waals surface area contributed by atoms with E-state index < -0.39 is 0 Å². The first kappa shape index (κ1) is 20.0. The van der Waals surface area contributed by atoms with E-state index in [-0.39, 0.29) is 36.8 Å². The van der Waals surface area contributed by atoms with Crippen molar-refractivity contribution < 1.29 is 4.79 Å². The van der Waals surface area contributed by atoms with Crippen LogP contribution < -0.4 is 10.6 Å². The number of nitrogens with zero attached hydrogens (tertiary/aromatic N) is 1. The normalized spacial score (nSPS) is 10.8. The third kappa shape index (κ3) is 7.16. The molecule has 0 aromatic carbocycles. The van der Waals surface area contributed by atoms with Gasteiger partial charge in [-0.25, -0.2) is 0 Å². The lowest BCUT2D eigenvalue weighted by Gasteiger charge is -2.13. The SMILES string of the molecule is CCN[C@H](C)CNC(=O)c1cncc(Br)c1.Cl.Cl. The molecule has 1 amide bonds. The molecule has 1 atom stereocenters. The van der Waals surface area contributed by atoms with Crippen molar-refractivity contribution in [2.45, 2.75) is 19.9 Å². The van der Waals surface area contributed by atoms with Crippen LogP contribution in [0, 0.1) is 0 Å². The van der Waals surface area contributed by atoms with Gasteiger partial charge in [0.2, 0.25) is 0 Å². The number of carbonyl (C=O) groups excluding carboxylic acids is 1. The van der Waals surface area contributed by atoms with Gasteiger partial charge in [-0.3, -0.25) is 9.78 Å². The Morgan fingerprint density at radius 2 is 2.11 bits per heavy atom. The van der Waals surface area contributed by atoms with Crippen LogP contribution in [-0.4, -0.2) is 30.0 Å². The molecule has 1 aromatic heterocycles. The Hall–Kier alpha value is -0.360. The Bertz CT molecular complexity index is 366. The van der Waals surface area contributed by atoms with Crippen LogP contribution in [0.15, 0.2) is 22.9 Å². The van der Waals surface area contributed by atoms with Crippen LogP contribution in [0.5, 0.6) is 0 Å². The molecule has 0 spiro atoms. The molecule has 1 rings (SSSR count). The van der Waals surface area contributed by atoms with E-state index >= 15 is 0 Å². The van der Waals surface area contributed by atoms with Gasteiger partial charge in [0.25, 0.3) is 5.91 Å². The lowest BCUT2D eigenvalue weighted by molar-refractivity contribution is 0.0950. The summed E-state index contributed by atoms with van der Waals surface area (Å²) in [5.74, 6) is -0.0986. The van der Waals surface area contributed by atoms with Crippen LogP contribution in [0.3, 0.4) is 0 Å². The van der Waals surface area contributed by atoms with Gasteiger partial charge in [0.1, 0.15) is 0 Å². The average molecular weight is 359 g/mol. The molecule has 7 heteroatoms. The number of nitrogens with one attached hydrogen (secondary N) is 2. The lowest BCUT2D eigenvalue weighted by atomic mass is 10.2. The molecule has 0 saturated carbocycles. The Morgan fingerprint density at radius 1 is 1.44 bits per heavy atom. The predicted molar refractivity (Wildman–Crippen MR) is 81.9 cm³/mol. The van der Waals surface area contributed by atoms with Gasteiger partial charge >= 0.3 is 0 Å². The molecule has 2 N–H and O–H groups in total. The molecule has 0 unspecified atom stereocenters. The van der Waals surface area contributed by atoms with Crippen LogP contribution in [0.1, 0.15) is 24.2 Å². The third-order valence-corrected chi connectivity index (χ3v) is 2.52. The third-order valence-electron chi connectivity index (χ3n) is 2.09. The fraction of sp³-hybridized carbons (Fsp3) is 0.455. The summed E-state index contributed by atoms with van der Waals surface area (Å²) in [5.41, 5.74) is 0.568. The Kier molecular flexibility index (Phi) is 11.7. The van der Waals surface area contributed by atoms with Gasteiger partial charge < -0.3 is 10.6 Å². The van der Waals surface area contributed by atoms with E-state index in [1.54, 1.807) is 18.5 Å². The molecule has 4 nitrogen and oxygen atoms in total. The summed E-state index contributed by atoms with van der Waals surface area (Å²) < 4.78 is 0.805. The second-order valence-electron chi connectivity index (χ2n) is 3.56. The number of rotatable bonds is 5. The minimum atomic E-state index is -0.0986. The minimum absolute atomic E-state index is 0. The quantitative estimate of drug-likeness (QED) is 0.849. The summed E-state index contributed by atoms with van der Waals surface area (Å²) >= 11 is 3.28. The van der Waals surface area contributed by atoms with E-state index in [1.165, 1.54) is 0 Å². The Labute approximate surface area is 128 Å². The summed E-state index contributed by atoms with van der Waals surface area (Å²) in [4.78, 5) is 15.7. The zero-order valence-corrected chi connectivity index (χ0v) is 13.5. The largest absolute Gasteiger partial charge is 0.350 e. The van der Waals surface area contributed by atoms with Gasteiger partial charge in [-0.05, 0) is 35.5 Å². The number of aromatic nitrogens is 1. The first-order chi connectivity index (χ1) is 7.63. The molecule has 0 radical (unpaired) electrons. The molecule has 0 aliphatic carbocycles. The molecule has 1 heterocycles. The number of carbonyl (C=O) groups is 1. The van der Waals surface area contributed by atoms with Crippen molar-refractivity contribution in [1.82, 2.24) is 15.6 Å². The van der Waals surface area contributed by atoms with Crippen LogP contribution in [0.4, 0.5) is 0 Å². The average Bonchev–Trinajstić information content (AvgIpc) is 2.26. The fourth-order valence-electron chi connectivity index (χ4n) is 1.30. The van der Waals surface area contributed by atoms with Gasteiger partial charge in [0.05, 0.1) is 5.56 Å². The maximum atomic E-state index is 11.7. The maximum Gasteiger partial charge on any atom is 0.252 e. The summed E-state index contributed by atoms with van der Waals surface area (Å²) in [5, 5.41) is 6.07. The van der Waals surface area contributed by atoms with E-state index in [1.807, 2.05) is 13.8 Å². The standard InChI is InChI=1S/C11H16BrN3O.2ClH/c1-3-14-8(2)5-15-11(16)9-4-10(12)7-13-6-9;;/h4,6-8,14H,3,5H2,1-2H3,(H,15,16);2*1H/t8-;;/m1../s1. The molecular weight excluding hydrogens is 341 g/mol. The maximum absolute atomic E-state index is 11.7. The molecule has 0 aliphatic rings. The monoisotopic (exact) mass is 357 g/mol. The van der Waals surface area contributed by atoms with Gasteiger partial charge in [-0.1, -0.05) is 6.92 Å². The molecule has 0 fully saturated rings. The van der Waals surface area contributed by atoms with Gasteiger partial charge in [0, 0.05) is 29.5 Å². The summed E-state index contributed by atoms with van der Waals surface area (Å²) in [6, 6.07) is 2.02. The molecule has 0 saturated heterocycles. The van der Waals surface area contributed by atoms with E-state index in [9.17, 15) is 4.79 Å². The lowest BCUT2D eigenvalue weighted by Crippen LogP contribution is -2.38. The number of halogens is 3. The molecular formula is C11H18BrCl2N3O. The van der Waals surface area contributed by atoms with Crippen molar-refractivity contribution in [2.24, 2.45) is 0 Å². The Balaban J connectivity index is 0. The number of pyridine rings is 1. The molecule has 104 valence electrons. The number of hydrogen-bond donors (Lipinski definition) is 2. The zero-order valence-electron chi connectivity index (χ0n) is 10.3. The van der Waals surface area contributed by atoms with Crippen LogP contribution in [0.2, 0.25) is 0 Å². The van der Waals surface area contributed by atoms with Crippen molar-refractivity contribution in [2.75, 3.05) is 13.1 Å². The number of likely N-dealkylation sites (N-methyl/N-ethyl adjacent to an activating group) is 1. The molecule has 0 bridgehead atoms. The summed E-state index contributed by atoms with van der Waals surface area (Å²) in [7, 11) is 0. The van der Waals surface area contributed by atoms with Crippen LogP contribution >= 0.6 is 40.7 Å². The van der Waals surface area contributed by atoms with Crippen molar-refractivity contribution >= 4 is 46.7 Å². The van der Waals surface area contributed by atoms with Crippen LogP contribution in [0.25, 0.3) is 0 Å². The second-order valence-corrected chi connectivity index (χ2v) is 4.48.